The summed E-state index contributed by atoms with van der Waals surface area (Å²) in [6, 6.07) is 13.7. The molecule has 0 bridgehead atoms. The first kappa shape index (κ1) is 11.0. The highest BCUT2D eigenvalue weighted by atomic mass is 32.1. The van der Waals surface area contributed by atoms with E-state index in [9.17, 15) is 0 Å². The van der Waals surface area contributed by atoms with Crippen molar-refractivity contribution >= 4 is 12.2 Å². The number of nitrogens with one attached hydrogen (secondary N) is 1. The zero-order valence-electron chi connectivity index (χ0n) is 9.54. The summed E-state index contributed by atoms with van der Waals surface area (Å²) >= 11 is 5.26. The van der Waals surface area contributed by atoms with Gasteiger partial charge in [-0.05, 0) is 36.5 Å². The summed E-state index contributed by atoms with van der Waals surface area (Å²) in [7, 11) is 0. The molecule has 3 rings (SSSR count). The molecule has 0 unspecified atom stereocenters. The van der Waals surface area contributed by atoms with Gasteiger partial charge in [-0.3, -0.25) is 9.67 Å². The highest BCUT2D eigenvalue weighted by molar-refractivity contribution is 7.71. The van der Waals surface area contributed by atoms with Crippen LogP contribution in [0.2, 0.25) is 0 Å². The van der Waals surface area contributed by atoms with Crippen molar-refractivity contribution in [3.8, 4) is 5.69 Å². The van der Waals surface area contributed by atoms with Crippen LogP contribution in [0.25, 0.3) is 5.69 Å². The minimum atomic E-state index is 0.586. The summed E-state index contributed by atoms with van der Waals surface area (Å²) in [5.41, 5.74) is 0.998. The van der Waals surface area contributed by atoms with E-state index in [2.05, 4.69) is 10.2 Å². The Kier molecular flexibility index (Phi) is 2.82. The quantitative estimate of drug-likeness (QED) is 0.733. The molecular formula is C13H11N3OS. The summed E-state index contributed by atoms with van der Waals surface area (Å²) in [4.78, 5) is 0. The third-order valence-electron chi connectivity index (χ3n) is 2.67. The molecule has 0 aliphatic heterocycles. The van der Waals surface area contributed by atoms with Gasteiger partial charge in [-0.2, -0.15) is 5.10 Å². The number of hydrogen-bond donors (Lipinski definition) is 1. The maximum Gasteiger partial charge on any atom is 0.199 e. The van der Waals surface area contributed by atoms with Gasteiger partial charge in [-0.15, -0.1) is 0 Å². The van der Waals surface area contributed by atoms with E-state index in [1.54, 1.807) is 6.26 Å². The van der Waals surface area contributed by atoms with Crippen molar-refractivity contribution in [2.75, 3.05) is 0 Å². The van der Waals surface area contributed by atoms with Crippen LogP contribution in [0.1, 0.15) is 11.6 Å². The van der Waals surface area contributed by atoms with Crippen LogP contribution in [0.4, 0.5) is 0 Å². The number of H-pyrrole nitrogens is 1. The number of para-hydroxylation sites is 1. The van der Waals surface area contributed by atoms with Gasteiger partial charge in [0.2, 0.25) is 0 Å². The largest absolute Gasteiger partial charge is 0.469 e. The fraction of sp³-hybridized carbons (Fsp3) is 0.0769. The second kappa shape index (κ2) is 4.62. The van der Waals surface area contributed by atoms with E-state index in [-0.39, 0.29) is 0 Å². The van der Waals surface area contributed by atoms with E-state index in [4.69, 9.17) is 16.6 Å². The monoisotopic (exact) mass is 257 g/mol. The van der Waals surface area contributed by atoms with Crippen molar-refractivity contribution in [1.82, 2.24) is 14.8 Å². The molecule has 0 amide bonds. The molecule has 0 saturated heterocycles. The first-order valence-corrected chi connectivity index (χ1v) is 5.99. The lowest BCUT2D eigenvalue weighted by molar-refractivity contribution is 0.515. The number of hydrogen-bond acceptors (Lipinski definition) is 3. The molecule has 0 fully saturated rings. The van der Waals surface area contributed by atoms with E-state index >= 15 is 0 Å². The molecule has 0 aliphatic rings. The van der Waals surface area contributed by atoms with Crippen molar-refractivity contribution in [3.63, 3.8) is 0 Å². The maximum absolute atomic E-state index is 5.34. The number of furan rings is 1. The minimum absolute atomic E-state index is 0.586. The fourth-order valence-corrected chi connectivity index (χ4v) is 2.12. The van der Waals surface area contributed by atoms with Crippen LogP contribution in [0.15, 0.2) is 53.1 Å². The lowest BCUT2D eigenvalue weighted by Crippen LogP contribution is -2.01. The average molecular weight is 257 g/mol. The normalized spacial score (nSPS) is 10.7. The van der Waals surface area contributed by atoms with Gasteiger partial charge in [0.25, 0.3) is 0 Å². The first-order valence-electron chi connectivity index (χ1n) is 5.59. The van der Waals surface area contributed by atoms with Crippen LogP contribution in [-0.4, -0.2) is 14.8 Å². The maximum atomic E-state index is 5.34. The predicted molar refractivity (Wildman–Crippen MR) is 70.3 cm³/mol. The van der Waals surface area contributed by atoms with Crippen LogP contribution in [0.3, 0.4) is 0 Å². The summed E-state index contributed by atoms with van der Waals surface area (Å²) in [5.74, 6) is 1.70. The van der Waals surface area contributed by atoms with E-state index in [1.165, 1.54) is 0 Å². The Morgan fingerprint density at radius 1 is 1.17 bits per heavy atom. The van der Waals surface area contributed by atoms with Gasteiger partial charge in [-0.25, -0.2) is 0 Å². The van der Waals surface area contributed by atoms with Gasteiger partial charge in [-0.1, -0.05) is 18.2 Å². The standard InChI is InChI=1S/C13H11N3OS/c18-13-15-14-12(9-11-7-4-8-17-11)16(13)10-5-2-1-3-6-10/h1-8H,9H2,(H,15,18). The Morgan fingerprint density at radius 2 is 2.00 bits per heavy atom. The van der Waals surface area contributed by atoms with Gasteiger partial charge >= 0.3 is 0 Å². The van der Waals surface area contributed by atoms with Crippen LogP contribution in [0, 0.1) is 4.77 Å². The minimum Gasteiger partial charge on any atom is -0.469 e. The van der Waals surface area contributed by atoms with Crippen LogP contribution in [0.5, 0.6) is 0 Å². The number of benzene rings is 1. The highest BCUT2D eigenvalue weighted by Crippen LogP contribution is 2.14. The predicted octanol–water partition coefficient (Wildman–Crippen LogP) is 3.11. The topological polar surface area (TPSA) is 46.8 Å². The number of rotatable bonds is 3. The summed E-state index contributed by atoms with van der Waals surface area (Å²) in [6.07, 6.45) is 2.26. The van der Waals surface area contributed by atoms with Gasteiger partial charge in [0.15, 0.2) is 4.77 Å². The fourth-order valence-electron chi connectivity index (χ4n) is 1.86. The number of nitrogens with zero attached hydrogens (tertiary/aromatic N) is 2. The number of aromatic nitrogens is 3. The zero-order chi connectivity index (χ0) is 12.4. The molecule has 2 heterocycles. The molecule has 3 aromatic rings. The van der Waals surface area contributed by atoms with Gasteiger partial charge in [0, 0.05) is 5.69 Å². The lowest BCUT2D eigenvalue weighted by Gasteiger charge is -2.05. The van der Waals surface area contributed by atoms with Crippen molar-refractivity contribution in [3.05, 3.63) is 65.1 Å². The van der Waals surface area contributed by atoms with Gasteiger partial charge in [0.05, 0.1) is 12.7 Å². The Labute approximate surface area is 109 Å². The van der Waals surface area contributed by atoms with Crippen molar-refractivity contribution < 1.29 is 4.42 Å². The van der Waals surface area contributed by atoms with E-state index < -0.39 is 0 Å². The second-order valence-electron chi connectivity index (χ2n) is 3.87. The third kappa shape index (κ3) is 2.00. The molecule has 4 nitrogen and oxygen atoms in total. The average Bonchev–Trinajstić information content (AvgIpc) is 3.02. The number of aromatic amines is 1. The molecule has 2 aromatic heterocycles. The highest BCUT2D eigenvalue weighted by Gasteiger charge is 2.09. The zero-order valence-corrected chi connectivity index (χ0v) is 10.4. The molecule has 1 aromatic carbocycles. The molecule has 1 N–H and O–H groups in total. The van der Waals surface area contributed by atoms with Crippen molar-refractivity contribution in [2.45, 2.75) is 6.42 Å². The Morgan fingerprint density at radius 3 is 2.72 bits per heavy atom. The molecule has 0 aliphatic carbocycles. The molecule has 5 heteroatoms. The second-order valence-corrected chi connectivity index (χ2v) is 4.26. The third-order valence-corrected chi connectivity index (χ3v) is 2.94. The summed E-state index contributed by atoms with van der Waals surface area (Å²) in [5, 5.41) is 7.08. The van der Waals surface area contributed by atoms with E-state index in [1.807, 2.05) is 47.0 Å². The van der Waals surface area contributed by atoms with Crippen molar-refractivity contribution in [1.29, 1.82) is 0 Å². The van der Waals surface area contributed by atoms with Gasteiger partial charge in [0.1, 0.15) is 11.6 Å². The van der Waals surface area contributed by atoms with Crippen LogP contribution in [-0.2, 0) is 6.42 Å². The molecule has 90 valence electrons. The molecule has 0 spiro atoms. The Hall–Kier alpha value is -2.14. The molecule has 18 heavy (non-hydrogen) atoms. The van der Waals surface area contributed by atoms with E-state index in [0.29, 0.717) is 11.2 Å². The first-order chi connectivity index (χ1) is 8.84. The molecule has 0 saturated carbocycles. The Balaban J connectivity index is 2.05. The van der Waals surface area contributed by atoms with Gasteiger partial charge < -0.3 is 4.42 Å². The smallest absolute Gasteiger partial charge is 0.199 e. The van der Waals surface area contributed by atoms with Crippen LogP contribution >= 0.6 is 12.2 Å². The van der Waals surface area contributed by atoms with Crippen molar-refractivity contribution in [2.24, 2.45) is 0 Å². The van der Waals surface area contributed by atoms with E-state index in [0.717, 1.165) is 17.3 Å². The lowest BCUT2D eigenvalue weighted by atomic mass is 10.3. The summed E-state index contributed by atoms with van der Waals surface area (Å²) in [6.45, 7) is 0. The molecule has 0 atom stereocenters. The SMILES string of the molecule is S=c1[nH]nc(Cc2ccco2)n1-c1ccccc1. The molecule has 0 radical (unpaired) electrons. The Bertz CT molecular complexity index is 683. The summed E-state index contributed by atoms with van der Waals surface area (Å²) < 4.78 is 7.84. The molecular weight excluding hydrogens is 246 g/mol. The van der Waals surface area contributed by atoms with Crippen LogP contribution < -0.4 is 0 Å².